The summed E-state index contributed by atoms with van der Waals surface area (Å²) in [5, 5.41) is 29.1. The zero-order chi connectivity index (χ0) is 24.4. The van der Waals surface area contributed by atoms with Gasteiger partial charge in [-0.3, -0.25) is 14.4 Å². The monoisotopic (exact) mass is 458 g/mol. The SMILES string of the molecule is CCCCCCCCCCCCC(C(=O)OC(=O)CCCCC)C(O)(CC(=O)O)C(=O)O. The molecule has 0 aromatic heterocycles. The molecule has 2 atom stereocenters. The van der Waals surface area contributed by atoms with Gasteiger partial charge in [0.1, 0.15) is 0 Å². The Morgan fingerprint density at radius 2 is 1.22 bits per heavy atom. The van der Waals surface area contributed by atoms with Crippen molar-refractivity contribution in [2.75, 3.05) is 0 Å². The molecule has 2 unspecified atom stereocenters. The second kappa shape index (κ2) is 17.6. The average molecular weight is 459 g/mol. The van der Waals surface area contributed by atoms with E-state index in [0.29, 0.717) is 19.3 Å². The fourth-order valence-electron chi connectivity index (χ4n) is 3.72. The van der Waals surface area contributed by atoms with E-state index in [2.05, 4.69) is 6.92 Å². The van der Waals surface area contributed by atoms with Gasteiger partial charge in [-0.05, 0) is 12.8 Å². The molecule has 0 rings (SSSR count). The van der Waals surface area contributed by atoms with Gasteiger partial charge >= 0.3 is 23.9 Å². The van der Waals surface area contributed by atoms with Crippen LogP contribution in [-0.2, 0) is 23.9 Å². The Bertz CT molecular complexity index is 574. The van der Waals surface area contributed by atoms with Crippen molar-refractivity contribution in [2.45, 2.75) is 122 Å². The highest BCUT2D eigenvalue weighted by atomic mass is 16.6. The fraction of sp³-hybridized carbons (Fsp3) is 0.833. The van der Waals surface area contributed by atoms with Gasteiger partial charge in [-0.15, -0.1) is 0 Å². The van der Waals surface area contributed by atoms with E-state index in [1.54, 1.807) is 0 Å². The fourth-order valence-corrected chi connectivity index (χ4v) is 3.72. The molecule has 32 heavy (non-hydrogen) atoms. The van der Waals surface area contributed by atoms with Gasteiger partial charge in [-0.2, -0.15) is 0 Å². The summed E-state index contributed by atoms with van der Waals surface area (Å²) in [6, 6.07) is 0. The number of ether oxygens (including phenoxy) is 1. The van der Waals surface area contributed by atoms with Crippen LogP contribution in [0.5, 0.6) is 0 Å². The Kier molecular flexibility index (Phi) is 16.5. The van der Waals surface area contributed by atoms with Crippen molar-refractivity contribution in [1.29, 1.82) is 0 Å². The topological polar surface area (TPSA) is 138 Å². The zero-order valence-corrected chi connectivity index (χ0v) is 19.8. The van der Waals surface area contributed by atoms with Crippen molar-refractivity contribution in [2.24, 2.45) is 5.92 Å². The van der Waals surface area contributed by atoms with Gasteiger partial charge in [0.25, 0.3) is 0 Å². The van der Waals surface area contributed by atoms with Gasteiger partial charge in [0.05, 0.1) is 12.3 Å². The first-order valence-corrected chi connectivity index (χ1v) is 12.1. The zero-order valence-electron chi connectivity index (χ0n) is 19.8. The van der Waals surface area contributed by atoms with Gasteiger partial charge in [-0.25, -0.2) is 4.79 Å². The third-order valence-electron chi connectivity index (χ3n) is 5.70. The molecule has 0 radical (unpaired) electrons. The lowest BCUT2D eigenvalue weighted by Crippen LogP contribution is -2.51. The van der Waals surface area contributed by atoms with Gasteiger partial charge in [0, 0.05) is 6.42 Å². The van der Waals surface area contributed by atoms with Crippen molar-refractivity contribution >= 4 is 23.9 Å². The molecule has 186 valence electrons. The molecular formula is C24H42O8. The molecule has 0 saturated heterocycles. The molecular weight excluding hydrogens is 416 g/mol. The molecule has 0 heterocycles. The lowest BCUT2D eigenvalue weighted by molar-refractivity contribution is -0.184. The minimum atomic E-state index is -2.83. The van der Waals surface area contributed by atoms with Gasteiger partial charge < -0.3 is 20.1 Å². The molecule has 8 heteroatoms. The van der Waals surface area contributed by atoms with Crippen molar-refractivity contribution in [3.8, 4) is 0 Å². The summed E-state index contributed by atoms with van der Waals surface area (Å²) in [5.74, 6) is -6.95. The molecule has 0 aliphatic rings. The lowest BCUT2D eigenvalue weighted by atomic mass is 9.81. The van der Waals surface area contributed by atoms with Gasteiger partial charge in [0.15, 0.2) is 5.60 Å². The third kappa shape index (κ3) is 12.8. The number of hydrogen-bond donors (Lipinski definition) is 3. The molecule has 3 N–H and O–H groups in total. The number of aliphatic hydroxyl groups is 1. The summed E-state index contributed by atoms with van der Waals surface area (Å²) in [5.41, 5.74) is -2.83. The number of aliphatic carboxylic acids is 2. The van der Waals surface area contributed by atoms with Crippen molar-refractivity contribution in [1.82, 2.24) is 0 Å². The van der Waals surface area contributed by atoms with Crippen LogP contribution in [0.3, 0.4) is 0 Å². The highest BCUT2D eigenvalue weighted by Crippen LogP contribution is 2.29. The number of carbonyl (C=O) groups is 4. The van der Waals surface area contributed by atoms with Crippen LogP contribution in [0.25, 0.3) is 0 Å². The molecule has 0 saturated carbocycles. The van der Waals surface area contributed by atoms with Crippen LogP contribution in [0, 0.1) is 5.92 Å². The number of carboxylic acids is 2. The number of esters is 2. The summed E-state index contributed by atoms with van der Waals surface area (Å²) in [4.78, 5) is 47.3. The van der Waals surface area contributed by atoms with Crippen LogP contribution in [0.15, 0.2) is 0 Å². The molecule has 0 aromatic rings. The largest absolute Gasteiger partial charge is 0.481 e. The average Bonchev–Trinajstić information content (AvgIpc) is 2.71. The van der Waals surface area contributed by atoms with E-state index in [9.17, 15) is 29.4 Å². The molecule has 8 nitrogen and oxygen atoms in total. The van der Waals surface area contributed by atoms with Crippen LogP contribution in [0.4, 0.5) is 0 Å². The predicted octanol–water partition coefficient (Wildman–Crippen LogP) is 4.85. The van der Waals surface area contributed by atoms with E-state index < -0.39 is 41.8 Å². The number of carbonyl (C=O) groups excluding carboxylic acids is 2. The smallest absolute Gasteiger partial charge is 0.337 e. The highest BCUT2D eigenvalue weighted by Gasteiger charge is 2.50. The van der Waals surface area contributed by atoms with E-state index in [-0.39, 0.29) is 12.8 Å². The van der Waals surface area contributed by atoms with Crippen LogP contribution < -0.4 is 0 Å². The Morgan fingerprint density at radius 3 is 1.69 bits per heavy atom. The quantitative estimate of drug-likeness (QED) is 0.134. The number of unbranched alkanes of at least 4 members (excludes halogenated alkanes) is 11. The van der Waals surface area contributed by atoms with Gasteiger partial charge in [0.2, 0.25) is 0 Å². The minimum absolute atomic E-state index is 0.00892. The third-order valence-corrected chi connectivity index (χ3v) is 5.70. The summed E-state index contributed by atoms with van der Waals surface area (Å²) in [6.07, 6.45) is 11.3. The highest BCUT2D eigenvalue weighted by molar-refractivity contribution is 5.93. The summed E-state index contributed by atoms with van der Waals surface area (Å²) < 4.78 is 4.79. The van der Waals surface area contributed by atoms with E-state index in [0.717, 1.165) is 32.1 Å². The van der Waals surface area contributed by atoms with Crippen molar-refractivity contribution < 1.29 is 39.2 Å². The Balaban J connectivity index is 4.83. The summed E-state index contributed by atoms with van der Waals surface area (Å²) in [6.45, 7) is 4.13. The minimum Gasteiger partial charge on any atom is -0.481 e. The van der Waals surface area contributed by atoms with E-state index in [1.165, 1.54) is 32.1 Å². The first-order valence-electron chi connectivity index (χ1n) is 12.1. The lowest BCUT2D eigenvalue weighted by Gasteiger charge is -2.29. The first kappa shape index (κ1) is 30.0. The second-order valence-corrected chi connectivity index (χ2v) is 8.57. The summed E-state index contributed by atoms with van der Waals surface area (Å²) >= 11 is 0. The van der Waals surface area contributed by atoms with Crippen molar-refractivity contribution in [3.63, 3.8) is 0 Å². The van der Waals surface area contributed by atoms with E-state index >= 15 is 0 Å². The van der Waals surface area contributed by atoms with Crippen LogP contribution >= 0.6 is 0 Å². The first-order chi connectivity index (χ1) is 15.2. The number of rotatable bonds is 20. The molecule has 0 spiro atoms. The predicted molar refractivity (Wildman–Crippen MR) is 120 cm³/mol. The molecule has 0 fully saturated rings. The molecule has 0 aliphatic carbocycles. The van der Waals surface area contributed by atoms with E-state index in [4.69, 9.17) is 9.84 Å². The second-order valence-electron chi connectivity index (χ2n) is 8.57. The Labute approximate surface area is 191 Å². The molecule has 0 bridgehead atoms. The standard InChI is InChI=1S/C24H42O8/c1-3-5-7-8-9-10-11-12-13-15-16-19(24(31,23(29)30)18-20(25)26)22(28)32-21(27)17-14-6-4-2/h19,31H,3-18H2,1-2H3,(H,25,26)(H,29,30). The van der Waals surface area contributed by atoms with Crippen LogP contribution in [0.2, 0.25) is 0 Å². The van der Waals surface area contributed by atoms with Crippen molar-refractivity contribution in [3.05, 3.63) is 0 Å². The Hall–Kier alpha value is -1.96. The van der Waals surface area contributed by atoms with Gasteiger partial charge in [-0.1, -0.05) is 90.9 Å². The maximum Gasteiger partial charge on any atom is 0.337 e. The maximum absolute atomic E-state index is 12.6. The molecule has 0 aromatic carbocycles. The number of carboxylic acid groups (broad SMARTS) is 2. The molecule has 0 amide bonds. The summed E-state index contributed by atoms with van der Waals surface area (Å²) in [7, 11) is 0. The van der Waals surface area contributed by atoms with Crippen LogP contribution in [-0.4, -0.2) is 44.8 Å². The van der Waals surface area contributed by atoms with Crippen LogP contribution in [0.1, 0.15) is 117 Å². The normalized spacial score (nSPS) is 13.8. The number of hydrogen-bond acceptors (Lipinski definition) is 6. The molecule has 0 aliphatic heterocycles. The maximum atomic E-state index is 12.6. The van der Waals surface area contributed by atoms with E-state index in [1.807, 2.05) is 6.92 Å². The Morgan fingerprint density at radius 1 is 0.750 bits per heavy atom.